The molecule has 2 aromatic carbocycles. The number of halogens is 7. The zero-order chi connectivity index (χ0) is 31.1. The maximum atomic E-state index is 13.8. The van der Waals surface area contributed by atoms with E-state index in [1.165, 1.54) is 17.0 Å². The molecule has 2 atom stereocenters. The summed E-state index contributed by atoms with van der Waals surface area (Å²) in [6.07, 6.45) is -9.12. The Kier molecular flexibility index (Phi) is 11.4. The van der Waals surface area contributed by atoms with Crippen LogP contribution < -0.4 is 16.0 Å². The molecule has 0 bridgehead atoms. The first-order valence-corrected chi connectivity index (χ1v) is 14.1. The van der Waals surface area contributed by atoms with Gasteiger partial charge in [-0.3, -0.25) is 0 Å². The predicted molar refractivity (Wildman–Crippen MR) is 143 cm³/mol. The van der Waals surface area contributed by atoms with Gasteiger partial charge in [-0.15, -0.1) is 0 Å². The van der Waals surface area contributed by atoms with Gasteiger partial charge in [-0.25, -0.2) is 14.0 Å². The highest BCUT2D eigenvalue weighted by molar-refractivity contribution is 7.99. The van der Waals surface area contributed by atoms with E-state index in [0.717, 1.165) is 0 Å². The summed E-state index contributed by atoms with van der Waals surface area (Å²) in [5.41, 5.74) is -1.73. The number of aliphatic hydroxyl groups excluding tert-OH is 1. The molecule has 1 aliphatic heterocycles. The number of aliphatic hydroxyl groups is 1. The molecule has 7 nitrogen and oxygen atoms in total. The van der Waals surface area contributed by atoms with Gasteiger partial charge in [-0.2, -0.15) is 38.1 Å². The zero-order valence-electron chi connectivity index (χ0n) is 22.5. The van der Waals surface area contributed by atoms with Crippen molar-refractivity contribution in [1.29, 1.82) is 0 Å². The van der Waals surface area contributed by atoms with Crippen LogP contribution >= 0.6 is 11.8 Å². The Hall–Kier alpha value is -3.20. The van der Waals surface area contributed by atoms with Crippen molar-refractivity contribution >= 4 is 23.8 Å². The summed E-state index contributed by atoms with van der Waals surface area (Å²) >= 11 is 1.58. The van der Waals surface area contributed by atoms with E-state index >= 15 is 0 Å². The average molecular weight is 625 g/mol. The number of urea groups is 2. The lowest BCUT2D eigenvalue weighted by Crippen LogP contribution is -2.47. The number of thioether (sulfide) groups is 1. The highest BCUT2D eigenvalue weighted by Crippen LogP contribution is 2.38. The lowest BCUT2D eigenvalue weighted by molar-refractivity contribution is -0.143. The first-order chi connectivity index (χ1) is 19.7. The molecule has 2 aromatic rings. The SMILES string of the molecule is Cc1cc(F)ccc1[C@H]1C[C@@H](SCCNC(=O)NCO)CCN1C(=O)NCCc1cc(C(F)(F)F)cc(C(F)(F)F)c1. The number of carbonyl (C=O) groups excluding carboxylic acids is 2. The van der Waals surface area contributed by atoms with Crippen molar-refractivity contribution in [3.63, 3.8) is 0 Å². The number of hydrogen-bond donors (Lipinski definition) is 4. The van der Waals surface area contributed by atoms with E-state index in [-0.39, 0.29) is 29.8 Å². The number of likely N-dealkylation sites (tertiary alicyclic amines) is 1. The molecule has 0 aromatic heterocycles. The molecule has 3 rings (SSSR count). The second-order valence-electron chi connectivity index (χ2n) is 9.71. The Morgan fingerprint density at radius 1 is 0.976 bits per heavy atom. The van der Waals surface area contributed by atoms with Crippen molar-refractivity contribution in [2.45, 2.75) is 49.8 Å². The minimum Gasteiger partial charge on any atom is -0.376 e. The van der Waals surface area contributed by atoms with Crippen LogP contribution in [-0.2, 0) is 18.8 Å². The first-order valence-electron chi connectivity index (χ1n) is 13.0. The smallest absolute Gasteiger partial charge is 0.376 e. The molecule has 42 heavy (non-hydrogen) atoms. The van der Waals surface area contributed by atoms with Gasteiger partial charge in [0, 0.05) is 30.6 Å². The third-order valence-electron chi connectivity index (χ3n) is 6.72. The Labute approximate surface area is 242 Å². The van der Waals surface area contributed by atoms with Crippen LogP contribution in [0.5, 0.6) is 0 Å². The normalized spacial score (nSPS) is 17.6. The van der Waals surface area contributed by atoms with Gasteiger partial charge in [0.15, 0.2) is 0 Å². The third kappa shape index (κ3) is 9.41. The standard InChI is InChI=1S/C27H31F7N4O3S/c1-16-10-20(28)2-3-22(16)23-14-21(42-9-7-35-24(40)37-15-39)5-8-38(23)25(41)36-6-4-17-11-18(26(29,30)31)13-19(12-17)27(32,33)34/h2-3,10-13,21,23,39H,4-9,14-15H2,1H3,(H,36,41)(H2,35,37,40)/t21-,23+/m0/s1. The van der Waals surface area contributed by atoms with Crippen LogP contribution in [0.1, 0.15) is 46.7 Å². The summed E-state index contributed by atoms with van der Waals surface area (Å²) < 4.78 is 92.9. The van der Waals surface area contributed by atoms with Gasteiger partial charge in [0.25, 0.3) is 0 Å². The second-order valence-corrected chi connectivity index (χ2v) is 11.1. The average Bonchev–Trinajstić information content (AvgIpc) is 2.90. The number of rotatable bonds is 9. The minimum absolute atomic E-state index is 0.0554. The van der Waals surface area contributed by atoms with Crippen molar-refractivity contribution in [3.8, 4) is 0 Å². The summed E-state index contributed by atoms with van der Waals surface area (Å²) in [5.74, 6) is 0.113. The monoisotopic (exact) mass is 624 g/mol. The quantitative estimate of drug-likeness (QED) is 0.166. The largest absolute Gasteiger partial charge is 0.416 e. The molecule has 1 fully saturated rings. The molecule has 1 heterocycles. The molecule has 0 aliphatic carbocycles. The zero-order valence-corrected chi connectivity index (χ0v) is 23.4. The van der Waals surface area contributed by atoms with Crippen molar-refractivity contribution in [2.75, 3.05) is 32.1 Å². The number of alkyl halides is 6. The predicted octanol–water partition coefficient (Wildman–Crippen LogP) is 5.61. The fourth-order valence-corrected chi connectivity index (χ4v) is 5.88. The van der Waals surface area contributed by atoms with E-state index in [4.69, 9.17) is 5.11 Å². The Balaban J connectivity index is 1.68. The van der Waals surface area contributed by atoms with Crippen LogP contribution in [0, 0.1) is 12.7 Å². The van der Waals surface area contributed by atoms with E-state index in [1.807, 2.05) is 0 Å². The van der Waals surface area contributed by atoms with E-state index in [2.05, 4.69) is 16.0 Å². The van der Waals surface area contributed by atoms with E-state index in [1.54, 1.807) is 24.8 Å². The number of nitrogens with one attached hydrogen (secondary N) is 3. The van der Waals surface area contributed by atoms with Gasteiger partial charge in [-0.1, -0.05) is 6.07 Å². The lowest BCUT2D eigenvalue weighted by Gasteiger charge is -2.40. The van der Waals surface area contributed by atoms with Crippen LogP contribution in [0.4, 0.5) is 40.3 Å². The summed E-state index contributed by atoms with van der Waals surface area (Å²) in [6.45, 7) is 1.64. The molecule has 1 saturated heterocycles. The highest BCUT2D eigenvalue weighted by atomic mass is 32.2. The number of amides is 4. The van der Waals surface area contributed by atoms with Crippen LogP contribution in [0.15, 0.2) is 36.4 Å². The molecule has 0 unspecified atom stereocenters. The van der Waals surface area contributed by atoms with E-state index in [9.17, 15) is 40.3 Å². The summed E-state index contributed by atoms with van der Waals surface area (Å²) in [4.78, 5) is 26.2. The lowest BCUT2D eigenvalue weighted by atomic mass is 9.92. The molecular formula is C27H31F7N4O3S. The van der Waals surface area contributed by atoms with Crippen molar-refractivity contribution in [1.82, 2.24) is 20.9 Å². The third-order valence-corrected chi connectivity index (χ3v) is 8.06. The number of benzene rings is 2. The number of aryl methyl sites for hydroxylation is 1. The van der Waals surface area contributed by atoms with Gasteiger partial charge in [0.05, 0.1) is 17.2 Å². The Bertz CT molecular complexity index is 1210. The molecule has 15 heteroatoms. The van der Waals surface area contributed by atoms with Crippen molar-refractivity contribution < 1.29 is 45.4 Å². The summed E-state index contributed by atoms with van der Waals surface area (Å²) in [5, 5.41) is 16.2. The molecule has 0 radical (unpaired) electrons. The molecule has 0 saturated carbocycles. The van der Waals surface area contributed by atoms with Gasteiger partial charge < -0.3 is 26.0 Å². The van der Waals surface area contributed by atoms with Crippen LogP contribution in [0.3, 0.4) is 0 Å². The maximum Gasteiger partial charge on any atom is 0.416 e. The fraction of sp³-hybridized carbons (Fsp3) is 0.481. The van der Waals surface area contributed by atoms with Gasteiger partial charge in [-0.05, 0) is 73.2 Å². The Morgan fingerprint density at radius 2 is 1.64 bits per heavy atom. The van der Waals surface area contributed by atoms with Crippen LogP contribution in [-0.4, -0.2) is 59.4 Å². The maximum absolute atomic E-state index is 13.8. The number of hydrogen-bond acceptors (Lipinski definition) is 4. The summed E-state index contributed by atoms with van der Waals surface area (Å²) in [7, 11) is 0. The van der Waals surface area contributed by atoms with E-state index in [0.29, 0.717) is 54.9 Å². The second kappa shape index (κ2) is 14.3. The number of piperidine rings is 1. The van der Waals surface area contributed by atoms with Crippen molar-refractivity contribution in [2.24, 2.45) is 0 Å². The molecule has 0 spiro atoms. The molecule has 1 aliphatic rings. The topological polar surface area (TPSA) is 93.7 Å². The number of nitrogens with zero attached hydrogens (tertiary/aromatic N) is 1. The molecule has 232 valence electrons. The minimum atomic E-state index is -4.97. The molecular weight excluding hydrogens is 593 g/mol. The highest BCUT2D eigenvalue weighted by Gasteiger charge is 2.37. The van der Waals surface area contributed by atoms with E-state index < -0.39 is 54.1 Å². The van der Waals surface area contributed by atoms with Gasteiger partial charge in [0.1, 0.15) is 12.5 Å². The summed E-state index contributed by atoms with van der Waals surface area (Å²) in [6, 6.07) is 4.02. The molecule has 4 amide bonds. The van der Waals surface area contributed by atoms with Gasteiger partial charge >= 0.3 is 24.4 Å². The fourth-order valence-electron chi connectivity index (χ4n) is 4.74. The van der Waals surface area contributed by atoms with Crippen LogP contribution in [0.2, 0.25) is 0 Å². The van der Waals surface area contributed by atoms with Crippen molar-refractivity contribution in [3.05, 3.63) is 70.0 Å². The number of carbonyl (C=O) groups is 2. The first kappa shape index (κ1) is 33.3. The molecule has 4 N–H and O–H groups in total. The Morgan fingerprint density at radius 3 is 2.24 bits per heavy atom. The van der Waals surface area contributed by atoms with Crippen LogP contribution in [0.25, 0.3) is 0 Å². The van der Waals surface area contributed by atoms with Gasteiger partial charge in [0.2, 0.25) is 0 Å².